The van der Waals surface area contributed by atoms with Crippen LogP contribution in [0.2, 0.25) is 0 Å². The molecule has 1 N–H and O–H groups in total. The first-order valence-corrected chi connectivity index (χ1v) is 9.00. The van der Waals surface area contributed by atoms with E-state index in [0.29, 0.717) is 19.6 Å². The third kappa shape index (κ3) is 5.25. The van der Waals surface area contributed by atoms with Crippen LogP contribution in [0.3, 0.4) is 0 Å². The number of alkyl halides is 1. The van der Waals surface area contributed by atoms with Gasteiger partial charge in [0.25, 0.3) is 0 Å². The second-order valence-corrected chi connectivity index (χ2v) is 7.27. The number of halogens is 1. The molecule has 1 radical (unpaired) electrons. The topological polar surface area (TPSA) is 42.6 Å². The quantitative estimate of drug-likeness (QED) is 0.636. The molecule has 2 aromatic rings. The van der Waals surface area contributed by atoms with Gasteiger partial charge in [0, 0.05) is 51.8 Å². The molecule has 1 heterocycles. The number of aliphatic hydroxyl groups is 1. The van der Waals surface area contributed by atoms with Crippen molar-refractivity contribution < 1.29 is 51.4 Å². The number of hydrogen-bond donors (Lipinski definition) is 1. The van der Waals surface area contributed by atoms with Gasteiger partial charge in [0.1, 0.15) is 6.17 Å². The van der Waals surface area contributed by atoms with Crippen LogP contribution in [0.25, 0.3) is 0 Å². The molecule has 4 unspecified atom stereocenters. The average molecular weight is 434 g/mol. The number of benzene rings is 1. The van der Waals surface area contributed by atoms with Crippen molar-refractivity contribution in [2.24, 2.45) is 11.8 Å². The Bertz CT molecular complexity index is 642. The number of rotatable bonds is 7. The zero-order chi connectivity index (χ0) is 17.8. The van der Waals surface area contributed by atoms with Crippen molar-refractivity contribution in [3.05, 3.63) is 59.5 Å². The van der Waals surface area contributed by atoms with E-state index in [1.165, 1.54) is 0 Å². The molecule has 1 aliphatic carbocycles. The van der Waals surface area contributed by atoms with Gasteiger partial charge in [-0.25, -0.2) is 4.39 Å². The van der Waals surface area contributed by atoms with Gasteiger partial charge in [0.05, 0.1) is 6.10 Å². The molecule has 1 aromatic heterocycles. The van der Waals surface area contributed by atoms with E-state index in [1.54, 1.807) is 6.07 Å². The van der Waals surface area contributed by atoms with E-state index in [0.717, 1.165) is 23.3 Å². The van der Waals surface area contributed by atoms with Gasteiger partial charge < -0.3 is 14.3 Å². The molecular weight excluding hydrogens is 408 g/mol. The van der Waals surface area contributed by atoms with Gasteiger partial charge in [0.2, 0.25) is 0 Å². The fourth-order valence-electron chi connectivity index (χ4n) is 3.66. The molecule has 1 aliphatic rings. The molecule has 0 saturated heterocycles. The molecule has 0 aliphatic heterocycles. The van der Waals surface area contributed by atoms with Gasteiger partial charge in [-0.15, -0.1) is 6.07 Å². The molecule has 1 fully saturated rings. The van der Waals surface area contributed by atoms with Crippen LogP contribution in [0.4, 0.5) is 4.39 Å². The zero-order valence-electron chi connectivity index (χ0n) is 15.4. The van der Waals surface area contributed by atoms with Crippen LogP contribution in [-0.4, -0.2) is 17.9 Å². The van der Waals surface area contributed by atoms with Crippen LogP contribution in [0.15, 0.2) is 40.8 Å². The SMILES string of the molecule is CC(C)C(O)c1ccc(C2C(F)CCC2COCc2cc[c-]o2)cc1.[Y]. The molecule has 4 atom stereocenters. The first-order chi connectivity index (χ1) is 12.1. The summed E-state index contributed by atoms with van der Waals surface area (Å²) >= 11 is 0. The fraction of sp³-hybridized carbons (Fsp3) is 0.524. The van der Waals surface area contributed by atoms with E-state index in [4.69, 9.17) is 9.15 Å². The minimum absolute atomic E-state index is 0. The van der Waals surface area contributed by atoms with Crippen molar-refractivity contribution in [2.45, 2.75) is 51.5 Å². The number of furan rings is 1. The summed E-state index contributed by atoms with van der Waals surface area (Å²) < 4.78 is 25.4. The number of aliphatic hydroxyl groups excluding tert-OH is 1. The first kappa shape index (κ1) is 21.8. The Morgan fingerprint density at radius 1 is 1.23 bits per heavy atom. The summed E-state index contributed by atoms with van der Waals surface area (Å²) in [6.45, 7) is 4.87. The van der Waals surface area contributed by atoms with E-state index < -0.39 is 12.3 Å². The second-order valence-electron chi connectivity index (χ2n) is 7.27. The Morgan fingerprint density at radius 3 is 2.58 bits per heavy atom. The van der Waals surface area contributed by atoms with E-state index in [2.05, 4.69) is 6.26 Å². The van der Waals surface area contributed by atoms with E-state index in [-0.39, 0.29) is 50.5 Å². The van der Waals surface area contributed by atoms with Crippen molar-refractivity contribution in [1.29, 1.82) is 0 Å². The summed E-state index contributed by atoms with van der Waals surface area (Å²) in [4.78, 5) is 0. The monoisotopic (exact) mass is 434 g/mol. The van der Waals surface area contributed by atoms with Gasteiger partial charge in [0.15, 0.2) is 0 Å². The van der Waals surface area contributed by atoms with Crippen LogP contribution in [0.5, 0.6) is 0 Å². The van der Waals surface area contributed by atoms with Gasteiger partial charge in [-0.1, -0.05) is 38.1 Å². The number of hydrogen-bond acceptors (Lipinski definition) is 3. The van der Waals surface area contributed by atoms with Gasteiger partial charge in [-0.05, 0) is 47.8 Å². The maximum atomic E-state index is 14.5. The van der Waals surface area contributed by atoms with E-state index in [9.17, 15) is 9.50 Å². The maximum absolute atomic E-state index is 14.5. The van der Waals surface area contributed by atoms with Gasteiger partial charge >= 0.3 is 0 Å². The first-order valence-electron chi connectivity index (χ1n) is 9.00. The summed E-state index contributed by atoms with van der Waals surface area (Å²) in [6.07, 6.45) is 2.71. The Morgan fingerprint density at radius 2 is 1.96 bits per heavy atom. The molecule has 3 rings (SSSR count). The van der Waals surface area contributed by atoms with Crippen LogP contribution >= 0.6 is 0 Å². The Hall–Kier alpha value is -0.546. The smallest absolute Gasteiger partial charge is 0.107 e. The third-order valence-electron chi connectivity index (χ3n) is 5.11. The summed E-state index contributed by atoms with van der Waals surface area (Å²) in [5.74, 6) is 0.910. The van der Waals surface area contributed by atoms with Crippen molar-refractivity contribution >= 4 is 0 Å². The average Bonchev–Trinajstić information content (AvgIpc) is 3.24. The Balaban J connectivity index is 0.00000243. The normalized spacial score (nSPS) is 23.8. The fourth-order valence-corrected chi connectivity index (χ4v) is 3.66. The van der Waals surface area contributed by atoms with E-state index >= 15 is 0 Å². The summed E-state index contributed by atoms with van der Waals surface area (Å²) in [7, 11) is 0. The van der Waals surface area contributed by atoms with Crippen LogP contribution in [-0.2, 0) is 44.1 Å². The molecule has 0 spiro atoms. The van der Waals surface area contributed by atoms with Crippen LogP contribution in [0.1, 0.15) is 55.6 Å². The van der Waals surface area contributed by atoms with Crippen LogP contribution < -0.4 is 0 Å². The standard InChI is InChI=1S/C21H26FO3.Y/c1-14(2)21(23)16-7-5-15(6-8-16)20-17(9-10-19(20)22)12-24-13-18-4-3-11-25-18;/h3-8,14,17,19-21,23H,9-10,12-13H2,1-2H3;/q-1;. The third-order valence-corrected chi connectivity index (χ3v) is 5.11. The van der Waals surface area contributed by atoms with E-state index in [1.807, 2.05) is 44.2 Å². The van der Waals surface area contributed by atoms with Crippen molar-refractivity contribution in [3.63, 3.8) is 0 Å². The summed E-state index contributed by atoms with van der Waals surface area (Å²) in [5.41, 5.74) is 1.87. The Kier molecular flexibility index (Phi) is 8.47. The molecule has 1 aromatic carbocycles. The minimum Gasteiger partial charge on any atom is -0.593 e. The predicted octanol–water partition coefficient (Wildman–Crippen LogP) is 4.82. The van der Waals surface area contributed by atoms with Crippen molar-refractivity contribution in [2.75, 3.05) is 6.61 Å². The second kappa shape index (κ2) is 10.1. The van der Waals surface area contributed by atoms with Gasteiger partial charge in [-0.3, -0.25) is 0 Å². The zero-order valence-corrected chi connectivity index (χ0v) is 18.2. The molecule has 26 heavy (non-hydrogen) atoms. The maximum Gasteiger partial charge on any atom is 0.107 e. The van der Waals surface area contributed by atoms with Crippen LogP contribution in [0, 0.1) is 18.1 Å². The molecule has 1 saturated carbocycles. The molecule has 5 heteroatoms. The van der Waals surface area contributed by atoms with Gasteiger partial charge in [-0.2, -0.15) is 6.07 Å². The summed E-state index contributed by atoms with van der Waals surface area (Å²) in [6, 6.07) is 11.3. The molecule has 139 valence electrons. The Labute approximate surface area is 180 Å². The van der Waals surface area contributed by atoms with Crippen molar-refractivity contribution in [3.8, 4) is 0 Å². The largest absolute Gasteiger partial charge is 0.593 e. The number of ether oxygens (including phenoxy) is 1. The summed E-state index contributed by atoms with van der Waals surface area (Å²) in [5, 5.41) is 10.2. The predicted molar refractivity (Wildman–Crippen MR) is 93.8 cm³/mol. The van der Waals surface area contributed by atoms with Crippen molar-refractivity contribution in [1.82, 2.24) is 0 Å². The molecule has 0 amide bonds. The minimum atomic E-state index is -0.841. The molecular formula is C21H26FO3Y-. The molecule has 0 bridgehead atoms. The molecule has 3 nitrogen and oxygen atoms in total.